The number of carbonyl (C=O) groups excluding carboxylic acids is 1. The first-order valence-corrected chi connectivity index (χ1v) is 8.12. The molecule has 1 unspecified atom stereocenters. The summed E-state index contributed by atoms with van der Waals surface area (Å²) in [5.74, 6) is -1.45. The zero-order valence-electron chi connectivity index (χ0n) is 14.7. The van der Waals surface area contributed by atoms with Crippen LogP contribution in [0.1, 0.15) is 23.1 Å². The average molecular weight is 341 g/mol. The fourth-order valence-electron chi connectivity index (χ4n) is 2.92. The van der Waals surface area contributed by atoms with Crippen molar-refractivity contribution in [1.29, 1.82) is 0 Å². The lowest BCUT2D eigenvalue weighted by Crippen LogP contribution is -2.27. The number of methoxy groups -OCH3 is 1. The third-order valence-electron chi connectivity index (χ3n) is 3.92. The van der Waals surface area contributed by atoms with Crippen LogP contribution in [0.2, 0.25) is 0 Å². The van der Waals surface area contributed by atoms with Crippen molar-refractivity contribution in [1.82, 2.24) is 0 Å². The van der Waals surface area contributed by atoms with E-state index in [2.05, 4.69) is 5.32 Å². The van der Waals surface area contributed by atoms with Gasteiger partial charge in [-0.3, -0.25) is 9.59 Å². The third-order valence-corrected chi connectivity index (χ3v) is 3.92. The molecule has 5 heteroatoms. The lowest BCUT2D eigenvalue weighted by molar-refractivity contribution is -0.140. The molecule has 0 spiro atoms. The van der Waals surface area contributed by atoms with Gasteiger partial charge >= 0.3 is 5.97 Å². The number of hydrogen-bond acceptors (Lipinski definition) is 3. The molecule has 2 aromatic rings. The molecule has 0 fully saturated rings. The summed E-state index contributed by atoms with van der Waals surface area (Å²) in [6, 6.07) is 13.1. The third kappa shape index (κ3) is 5.35. The minimum atomic E-state index is -0.996. The second-order valence-corrected chi connectivity index (χ2v) is 6.18. The molecule has 0 bridgehead atoms. The van der Waals surface area contributed by atoms with E-state index < -0.39 is 11.9 Å². The molecule has 0 aliphatic rings. The Hall–Kier alpha value is -2.82. The highest BCUT2D eigenvalue weighted by Crippen LogP contribution is 2.25. The molecule has 2 rings (SSSR count). The maximum atomic E-state index is 12.7. The summed E-state index contributed by atoms with van der Waals surface area (Å²) in [5, 5.41) is 12.0. The van der Waals surface area contributed by atoms with Gasteiger partial charge in [0.2, 0.25) is 5.91 Å². The Kier molecular flexibility index (Phi) is 6.17. The number of carbonyl (C=O) groups is 2. The van der Waals surface area contributed by atoms with Crippen molar-refractivity contribution in [3.05, 3.63) is 59.2 Å². The van der Waals surface area contributed by atoms with Crippen molar-refractivity contribution in [2.45, 2.75) is 26.7 Å². The van der Waals surface area contributed by atoms with E-state index in [1.807, 2.05) is 32.0 Å². The fourth-order valence-corrected chi connectivity index (χ4v) is 2.92. The van der Waals surface area contributed by atoms with Gasteiger partial charge in [0.25, 0.3) is 0 Å². The molecule has 25 heavy (non-hydrogen) atoms. The van der Waals surface area contributed by atoms with Crippen LogP contribution in [-0.4, -0.2) is 24.1 Å². The molecule has 2 aromatic carbocycles. The number of benzene rings is 2. The predicted molar refractivity (Wildman–Crippen MR) is 97.0 cm³/mol. The van der Waals surface area contributed by atoms with Crippen LogP contribution < -0.4 is 10.1 Å². The molecule has 5 nitrogen and oxygen atoms in total. The molecule has 2 N–H and O–H groups in total. The number of ether oxygens (including phenoxy) is 1. The summed E-state index contributed by atoms with van der Waals surface area (Å²) in [5.41, 5.74) is 3.67. The van der Waals surface area contributed by atoms with Crippen LogP contribution in [0.5, 0.6) is 5.75 Å². The number of rotatable bonds is 7. The summed E-state index contributed by atoms with van der Waals surface area (Å²) >= 11 is 0. The Balaban J connectivity index is 2.21. The zero-order chi connectivity index (χ0) is 18.4. The van der Waals surface area contributed by atoms with Crippen LogP contribution >= 0.6 is 0 Å². The van der Waals surface area contributed by atoms with E-state index in [9.17, 15) is 14.7 Å². The van der Waals surface area contributed by atoms with E-state index >= 15 is 0 Å². The molecular formula is C20H23NO4. The molecule has 0 heterocycles. The summed E-state index contributed by atoms with van der Waals surface area (Å²) in [6.45, 7) is 3.97. The summed E-state index contributed by atoms with van der Waals surface area (Å²) in [6.07, 6.45) is 0.143. The Labute approximate surface area is 147 Å². The minimum Gasteiger partial charge on any atom is -0.495 e. The van der Waals surface area contributed by atoms with E-state index in [4.69, 9.17) is 4.74 Å². The molecule has 0 aliphatic heterocycles. The fraction of sp³-hybridized carbons (Fsp3) is 0.300. The van der Waals surface area contributed by atoms with Crippen LogP contribution in [-0.2, 0) is 16.0 Å². The van der Waals surface area contributed by atoms with Crippen LogP contribution in [0.25, 0.3) is 0 Å². The topological polar surface area (TPSA) is 75.6 Å². The zero-order valence-corrected chi connectivity index (χ0v) is 14.7. The predicted octanol–water partition coefficient (Wildman–Crippen LogP) is 3.58. The summed E-state index contributed by atoms with van der Waals surface area (Å²) in [4.78, 5) is 23.9. The number of amides is 1. The first kappa shape index (κ1) is 18.5. The van der Waals surface area contributed by atoms with Crippen molar-refractivity contribution in [3.8, 4) is 5.75 Å². The van der Waals surface area contributed by atoms with Crippen LogP contribution in [0.4, 0.5) is 5.69 Å². The number of para-hydroxylation sites is 2. The van der Waals surface area contributed by atoms with E-state index in [-0.39, 0.29) is 12.3 Å². The molecule has 0 aromatic heterocycles. The number of carboxylic acid groups (broad SMARTS) is 1. The Bertz CT molecular complexity index is 750. The maximum absolute atomic E-state index is 12.7. The lowest BCUT2D eigenvalue weighted by atomic mass is 9.93. The number of aryl methyl sites for hydroxylation is 2. The largest absolute Gasteiger partial charge is 0.495 e. The Morgan fingerprint density at radius 2 is 1.76 bits per heavy atom. The monoisotopic (exact) mass is 341 g/mol. The number of hydrogen-bond donors (Lipinski definition) is 2. The van der Waals surface area contributed by atoms with Crippen molar-refractivity contribution in [3.63, 3.8) is 0 Å². The van der Waals surface area contributed by atoms with E-state index in [0.29, 0.717) is 17.9 Å². The van der Waals surface area contributed by atoms with Gasteiger partial charge in [0.15, 0.2) is 0 Å². The number of carboxylic acids is 1. The van der Waals surface area contributed by atoms with Gasteiger partial charge in [-0.2, -0.15) is 0 Å². The molecule has 1 atom stereocenters. The van der Waals surface area contributed by atoms with E-state index in [0.717, 1.165) is 16.7 Å². The van der Waals surface area contributed by atoms with Crippen molar-refractivity contribution in [2.75, 3.05) is 12.4 Å². The molecule has 0 saturated carbocycles. The van der Waals surface area contributed by atoms with Crippen molar-refractivity contribution in [2.24, 2.45) is 5.92 Å². The lowest BCUT2D eigenvalue weighted by Gasteiger charge is -2.17. The highest BCUT2D eigenvalue weighted by molar-refractivity contribution is 5.95. The van der Waals surface area contributed by atoms with Crippen molar-refractivity contribution < 1.29 is 19.4 Å². The average Bonchev–Trinajstić information content (AvgIpc) is 2.53. The highest BCUT2D eigenvalue weighted by Gasteiger charge is 2.23. The second-order valence-electron chi connectivity index (χ2n) is 6.18. The normalized spacial score (nSPS) is 11.6. The minimum absolute atomic E-state index is 0.228. The number of anilines is 1. The Morgan fingerprint density at radius 3 is 2.36 bits per heavy atom. The quantitative estimate of drug-likeness (QED) is 0.807. The van der Waals surface area contributed by atoms with Gasteiger partial charge in [-0.15, -0.1) is 0 Å². The Morgan fingerprint density at radius 1 is 1.12 bits per heavy atom. The van der Waals surface area contributed by atoms with Crippen LogP contribution in [0.15, 0.2) is 42.5 Å². The van der Waals surface area contributed by atoms with Gasteiger partial charge in [0.05, 0.1) is 25.1 Å². The molecule has 0 radical (unpaired) electrons. The maximum Gasteiger partial charge on any atom is 0.304 e. The number of nitrogens with one attached hydrogen (secondary N) is 1. The molecule has 0 aliphatic carbocycles. The standard InChI is InChI=1S/C20H23NO4/c1-13-8-14(2)10-15(9-13)11-16(12-19(22)23)20(24)21-17-6-4-5-7-18(17)25-3/h4-10,16H,11-12H2,1-3H3,(H,21,24)(H,22,23). The van der Waals surface area contributed by atoms with Gasteiger partial charge in [-0.1, -0.05) is 41.5 Å². The first-order chi connectivity index (χ1) is 11.9. The molecule has 132 valence electrons. The van der Waals surface area contributed by atoms with Crippen LogP contribution in [0.3, 0.4) is 0 Å². The van der Waals surface area contributed by atoms with E-state index in [1.54, 1.807) is 24.3 Å². The van der Waals surface area contributed by atoms with Gasteiger partial charge < -0.3 is 15.2 Å². The SMILES string of the molecule is COc1ccccc1NC(=O)C(CC(=O)O)Cc1cc(C)cc(C)c1. The number of aliphatic carboxylic acids is 1. The first-order valence-electron chi connectivity index (χ1n) is 8.12. The smallest absolute Gasteiger partial charge is 0.304 e. The molecular weight excluding hydrogens is 318 g/mol. The van der Waals surface area contributed by atoms with Gasteiger partial charge in [0.1, 0.15) is 5.75 Å². The summed E-state index contributed by atoms with van der Waals surface area (Å²) in [7, 11) is 1.52. The van der Waals surface area contributed by atoms with Gasteiger partial charge in [0, 0.05) is 0 Å². The molecule has 0 saturated heterocycles. The molecule has 1 amide bonds. The highest BCUT2D eigenvalue weighted by atomic mass is 16.5. The van der Waals surface area contributed by atoms with Crippen molar-refractivity contribution >= 4 is 17.6 Å². The summed E-state index contributed by atoms with van der Waals surface area (Å²) < 4.78 is 5.23. The van der Waals surface area contributed by atoms with Gasteiger partial charge in [-0.05, 0) is 38.0 Å². The van der Waals surface area contributed by atoms with E-state index in [1.165, 1.54) is 7.11 Å². The van der Waals surface area contributed by atoms with Gasteiger partial charge in [-0.25, -0.2) is 0 Å². The van der Waals surface area contributed by atoms with Crippen LogP contribution in [0, 0.1) is 19.8 Å². The second kappa shape index (κ2) is 8.33.